The third-order valence-electron chi connectivity index (χ3n) is 3.66. The molecule has 0 spiro atoms. The van der Waals surface area contributed by atoms with E-state index in [0.29, 0.717) is 23.6 Å². The van der Waals surface area contributed by atoms with E-state index in [-0.39, 0.29) is 5.41 Å². The molecule has 2 unspecified atom stereocenters. The number of nitrogens with two attached hydrogens (primary N) is 1. The number of hydrogen-bond acceptors (Lipinski definition) is 4. The Bertz CT molecular complexity index is 389. The van der Waals surface area contributed by atoms with Crippen LogP contribution < -0.4 is 15.2 Å². The summed E-state index contributed by atoms with van der Waals surface area (Å²) in [5.41, 5.74) is 6.12. The van der Waals surface area contributed by atoms with E-state index in [1.54, 1.807) is 20.3 Å². The first-order valence-electron chi connectivity index (χ1n) is 6.13. The van der Waals surface area contributed by atoms with E-state index < -0.39 is 6.10 Å². The van der Waals surface area contributed by atoms with Crippen LogP contribution in [0.1, 0.15) is 31.9 Å². The minimum Gasteiger partial charge on any atom is -0.493 e. The molecule has 18 heavy (non-hydrogen) atoms. The average Bonchev–Trinajstić information content (AvgIpc) is 2.44. The molecule has 3 N–H and O–H groups in total. The number of aliphatic hydroxyl groups excluding tert-OH is 1. The molecule has 0 aromatic heterocycles. The summed E-state index contributed by atoms with van der Waals surface area (Å²) >= 11 is 0. The molecule has 0 fully saturated rings. The number of hydrogen-bond donors (Lipinski definition) is 2. The molecule has 4 nitrogen and oxygen atoms in total. The van der Waals surface area contributed by atoms with Gasteiger partial charge in [0.1, 0.15) is 0 Å². The van der Waals surface area contributed by atoms with Crippen molar-refractivity contribution in [2.75, 3.05) is 20.8 Å². The van der Waals surface area contributed by atoms with Gasteiger partial charge in [-0.1, -0.05) is 26.0 Å². The summed E-state index contributed by atoms with van der Waals surface area (Å²) in [5, 5.41) is 10.6. The number of aliphatic hydroxyl groups is 1. The van der Waals surface area contributed by atoms with Gasteiger partial charge in [-0.25, -0.2) is 0 Å². The maximum absolute atomic E-state index is 10.6. The maximum Gasteiger partial charge on any atom is 0.166 e. The van der Waals surface area contributed by atoms with E-state index in [2.05, 4.69) is 0 Å². The molecule has 2 atom stereocenters. The van der Waals surface area contributed by atoms with Crippen LogP contribution in [0.3, 0.4) is 0 Å². The predicted molar refractivity (Wildman–Crippen MR) is 72.0 cm³/mol. The Hall–Kier alpha value is -1.26. The number of rotatable bonds is 6. The summed E-state index contributed by atoms with van der Waals surface area (Å²) < 4.78 is 10.6. The summed E-state index contributed by atoms with van der Waals surface area (Å²) in [6.45, 7) is 4.39. The van der Waals surface area contributed by atoms with Gasteiger partial charge < -0.3 is 20.3 Å². The lowest BCUT2D eigenvalue weighted by atomic mass is 9.78. The molecule has 1 rings (SSSR count). The number of ether oxygens (including phenoxy) is 2. The first-order valence-corrected chi connectivity index (χ1v) is 6.13. The van der Waals surface area contributed by atoms with E-state index >= 15 is 0 Å². The fraction of sp³-hybridized carbons (Fsp3) is 0.571. The highest BCUT2D eigenvalue weighted by Gasteiger charge is 2.33. The summed E-state index contributed by atoms with van der Waals surface area (Å²) in [6, 6.07) is 5.49. The molecule has 0 saturated heterocycles. The van der Waals surface area contributed by atoms with Gasteiger partial charge in [0, 0.05) is 17.5 Å². The highest BCUT2D eigenvalue weighted by Crippen LogP contribution is 2.42. The van der Waals surface area contributed by atoms with Crippen LogP contribution in [0.5, 0.6) is 11.5 Å². The van der Waals surface area contributed by atoms with Crippen LogP contribution in [0.4, 0.5) is 0 Å². The number of methoxy groups -OCH3 is 2. The molecular formula is C14H23NO3. The quantitative estimate of drug-likeness (QED) is 0.815. The Morgan fingerprint density at radius 2 is 2.00 bits per heavy atom. The average molecular weight is 253 g/mol. The highest BCUT2D eigenvalue weighted by molar-refractivity contribution is 5.48. The van der Waals surface area contributed by atoms with E-state index in [4.69, 9.17) is 15.2 Å². The van der Waals surface area contributed by atoms with Crippen LogP contribution in [0.2, 0.25) is 0 Å². The molecule has 0 amide bonds. The Morgan fingerprint density at radius 1 is 1.33 bits per heavy atom. The summed E-state index contributed by atoms with van der Waals surface area (Å²) in [6.07, 6.45) is 0.0999. The van der Waals surface area contributed by atoms with Crippen LogP contribution in [-0.4, -0.2) is 25.9 Å². The lowest BCUT2D eigenvalue weighted by Crippen LogP contribution is -2.33. The van der Waals surface area contributed by atoms with Gasteiger partial charge in [0.05, 0.1) is 20.3 Å². The molecule has 0 aliphatic rings. The lowest BCUT2D eigenvalue weighted by molar-refractivity contribution is 0.0370. The van der Waals surface area contributed by atoms with Crippen LogP contribution in [0.25, 0.3) is 0 Å². The molecule has 1 aromatic rings. The Morgan fingerprint density at radius 3 is 2.44 bits per heavy atom. The number of para-hydroxylation sites is 1. The minimum atomic E-state index is -0.683. The number of benzene rings is 1. The van der Waals surface area contributed by atoms with Crippen molar-refractivity contribution in [3.05, 3.63) is 23.8 Å². The van der Waals surface area contributed by atoms with E-state index in [1.807, 2.05) is 26.0 Å². The highest BCUT2D eigenvalue weighted by atomic mass is 16.5. The van der Waals surface area contributed by atoms with Crippen molar-refractivity contribution in [3.8, 4) is 11.5 Å². The zero-order chi connectivity index (χ0) is 13.8. The van der Waals surface area contributed by atoms with Crippen molar-refractivity contribution in [1.82, 2.24) is 0 Å². The van der Waals surface area contributed by atoms with Gasteiger partial charge in [-0.3, -0.25) is 0 Å². The molecule has 0 heterocycles. The van der Waals surface area contributed by atoms with Crippen molar-refractivity contribution >= 4 is 0 Å². The molecular weight excluding hydrogens is 230 g/mol. The monoisotopic (exact) mass is 253 g/mol. The Kier molecular flexibility index (Phi) is 4.99. The zero-order valence-electron chi connectivity index (χ0n) is 11.6. The summed E-state index contributed by atoms with van der Waals surface area (Å²) in [4.78, 5) is 0. The summed E-state index contributed by atoms with van der Waals surface area (Å²) in [7, 11) is 3.15. The van der Waals surface area contributed by atoms with Gasteiger partial charge in [0.2, 0.25) is 0 Å². The molecule has 0 bridgehead atoms. The largest absolute Gasteiger partial charge is 0.493 e. The van der Waals surface area contributed by atoms with Crippen molar-refractivity contribution < 1.29 is 14.6 Å². The second-order valence-electron chi connectivity index (χ2n) is 4.70. The third kappa shape index (κ3) is 2.60. The molecule has 0 aliphatic heterocycles. The second kappa shape index (κ2) is 6.07. The van der Waals surface area contributed by atoms with Crippen molar-refractivity contribution in [3.63, 3.8) is 0 Å². The molecule has 0 aliphatic carbocycles. The fourth-order valence-corrected chi connectivity index (χ4v) is 1.95. The van der Waals surface area contributed by atoms with Gasteiger partial charge in [-0.15, -0.1) is 0 Å². The van der Waals surface area contributed by atoms with Crippen LogP contribution in [0.15, 0.2) is 18.2 Å². The summed E-state index contributed by atoms with van der Waals surface area (Å²) in [5.74, 6) is 1.19. The van der Waals surface area contributed by atoms with Crippen LogP contribution >= 0.6 is 0 Å². The predicted octanol–water partition coefficient (Wildman–Crippen LogP) is 2.11. The molecule has 0 radical (unpaired) electrons. The SMILES string of the molecule is CCC(C)(CN)C(O)c1cccc(OC)c1OC. The van der Waals surface area contributed by atoms with Crippen molar-refractivity contribution in [1.29, 1.82) is 0 Å². The zero-order valence-corrected chi connectivity index (χ0v) is 11.6. The van der Waals surface area contributed by atoms with E-state index in [9.17, 15) is 5.11 Å². The minimum absolute atomic E-state index is 0.375. The smallest absolute Gasteiger partial charge is 0.166 e. The Labute approximate surface area is 109 Å². The molecule has 102 valence electrons. The Balaban J connectivity index is 3.24. The standard InChI is InChI=1S/C14H23NO3/c1-5-14(2,9-15)13(16)10-7-6-8-11(17-3)12(10)18-4/h6-8,13,16H,5,9,15H2,1-4H3. The van der Waals surface area contributed by atoms with Gasteiger partial charge >= 0.3 is 0 Å². The maximum atomic E-state index is 10.6. The normalized spacial score (nSPS) is 15.9. The van der Waals surface area contributed by atoms with Crippen LogP contribution in [-0.2, 0) is 0 Å². The lowest BCUT2D eigenvalue weighted by Gasteiger charge is -2.33. The molecule has 0 saturated carbocycles. The first-order chi connectivity index (χ1) is 8.53. The van der Waals surface area contributed by atoms with Gasteiger partial charge in [-0.05, 0) is 12.5 Å². The van der Waals surface area contributed by atoms with Gasteiger partial charge in [0.15, 0.2) is 11.5 Å². The fourth-order valence-electron chi connectivity index (χ4n) is 1.95. The van der Waals surface area contributed by atoms with E-state index in [0.717, 1.165) is 6.42 Å². The van der Waals surface area contributed by atoms with Crippen molar-refractivity contribution in [2.45, 2.75) is 26.4 Å². The topological polar surface area (TPSA) is 64.7 Å². The first kappa shape index (κ1) is 14.8. The third-order valence-corrected chi connectivity index (χ3v) is 3.66. The molecule has 1 aromatic carbocycles. The van der Waals surface area contributed by atoms with E-state index in [1.165, 1.54) is 0 Å². The van der Waals surface area contributed by atoms with Gasteiger partial charge in [0.25, 0.3) is 0 Å². The van der Waals surface area contributed by atoms with Crippen molar-refractivity contribution in [2.24, 2.45) is 11.1 Å². The van der Waals surface area contributed by atoms with Gasteiger partial charge in [-0.2, -0.15) is 0 Å². The second-order valence-corrected chi connectivity index (χ2v) is 4.70. The van der Waals surface area contributed by atoms with Crippen LogP contribution in [0, 0.1) is 5.41 Å². The molecule has 4 heteroatoms.